The summed E-state index contributed by atoms with van der Waals surface area (Å²) in [7, 11) is 0. The van der Waals surface area contributed by atoms with Crippen molar-refractivity contribution >= 4 is 25.1 Å². The van der Waals surface area contributed by atoms with Gasteiger partial charge in [0.1, 0.15) is 11.9 Å². The van der Waals surface area contributed by atoms with E-state index in [1.807, 2.05) is 0 Å². The average Bonchev–Trinajstić information content (AvgIpc) is 1.82. The van der Waals surface area contributed by atoms with Crippen LogP contribution in [0.1, 0.15) is 0 Å². The van der Waals surface area contributed by atoms with Gasteiger partial charge in [0.05, 0.1) is 0 Å². The third-order valence-corrected chi connectivity index (χ3v) is 0.977. The summed E-state index contributed by atoms with van der Waals surface area (Å²) in [4.78, 5) is 19.4. The van der Waals surface area contributed by atoms with E-state index in [1.54, 1.807) is 0 Å². The molecule has 0 fully saturated rings. The van der Waals surface area contributed by atoms with E-state index in [0.717, 1.165) is 0 Å². The Morgan fingerprint density at radius 3 is 2.78 bits per heavy atom. The fraction of sp³-hybridized carbons (Fsp3) is 0.500. The van der Waals surface area contributed by atoms with Crippen LogP contribution >= 0.6 is 12.6 Å². The molecule has 0 aromatic rings. The van der Waals surface area contributed by atoms with Crippen molar-refractivity contribution in [3.8, 4) is 0 Å². The van der Waals surface area contributed by atoms with Crippen molar-refractivity contribution in [3.05, 3.63) is 0 Å². The lowest BCUT2D eigenvalue weighted by Crippen LogP contribution is -2.19. The highest BCUT2D eigenvalue weighted by Gasteiger charge is 2.10. The summed E-state index contributed by atoms with van der Waals surface area (Å²) >= 11 is 3.58. The summed E-state index contributed by atoms with van der Waals surface area (Å²) in [6, 6.07) is 0. The monoisotopic (exact) mass is 150 g/mol. The lowest BCUT2D eigenvalue weighted by molar-refractivity contribution is -0.138. The first kappa shape index (κ1) is 8.29. The molecule has 5 heteroatoms. The minimum Gasteiger partial charge on any atom is -0.480 e. The maximum Gasteiger partial charge on any atom is 0.319 e. The van der Waals surface area contributed by atoms with Gasteiger partial charge in [-0.15, -0.1) is 0 Å². The minimum atomic E-state index is -1.10. The molecule has 0 aliphatic heterocycles. The van der Waals surface area contributed by atoms with Crippen LogP contribution in [-0.4, -0.2) is 29.4 Å². The molecule has 0 saturated heterocycles. The molecular formula is C4H6O4S. The van der Waals surface area contributed by atoms with Crippen molar-refractivity contribution in [2.24, 2.45) is 0 Å². The van der Waals surface area contributed by atoms with E-state index in [2.05, 4.69) is 17.4 Å². The van der Waals surface area contributed by atoms with Crippen molar-refractivity contribution in [3.63, 3.8) is 0 Å². The standard InChI is InChI=1S/C4H6O4S/c5-2-8-1-3(9)4(6)7/h2-3,9H,1H2,(H,6,7). The maximum absolute atomic E-state index is 9.93. The third-order valence-electron chi connectivity index (χ3n) is 0.607. The SMILES string of the molecule is O=COCC(S)C(=O)O. The zero-order chi connectivity index (χ0) is 7.28. The molecule has 1 N–H and O–H groups in total. The normalized spacial score (nSPS) is 12.1. The molecule has 4 nitrogen and oxygen atoms in total. The highest BCUT2D eigenvalue weighted by Crippen LogP contribution is 1.93. The van der Waals surface area contributed by atoms with Gasteiger partial charge in [0, 0.05) is 0 Å². The first-order valence-corrected chi connectivity index (χ1v) is 2.66. The molecule has 0 aromatic carbocycles. The van der Waals surface area contributed by atoms with Crippen LogP contribution in [0.25, 0.3) is 0 Å². The molecule has 0 spiro atoms. The Morgan fingerprint density at radius 1 is 1.89 bits per heavy atom. The highest BCUT2D eigenvalue weighted by atomic mass is 32.1. The van der Waals surface area contributed by atoms with E-state index in [-0.39, 0.29) is 13.1 Å². The Kier molecular flexibility index (Phi) is 3.87. The van der Waals surface area contributed by atoms with Crippen LogP contribution in [0, 0.1) is 0 Å². The molecule has 0 saturated carbocycles. The largest absolute Gasteiger partial charge is 0.480 e. The van der Waals surface area contributed by atoms with Gasteiger partial charge in [-0.1, -0.05) is 0 Å². The number of rotatable bonds is 4. The molecule has 9 heavy (non-hydrogen) atoms. The maximum atomic E-state index is 9.93. The van der Waals surface area contributed by atoms with Gasteiger partial charge >= 0.3 is 5.97 Å². The number of carbonyl (C=O) groups is 2. The number of carboxylic acids is 1. The smallest absolute Gasteiger partial charge is 0.319 e. The van der Waals surface area contributed by atoms with Crippen LogP contribution in [0.4, 0.5) is 0 Å². The predicted octanol–water partition coefficient (Wildman–Crippen LogP) is -0.458. The topological polar surface area (TPSA) is 63.6 Å². The zero-order valence-electron chi connectivity index (χ0n) is 4.48. The van der Waals surface area contributed by atoms with E-state index in [1.165, 1.54) is 0 Å². The highest BCUT2D eigenvalue weighted by molar-refractivity contribution is 7.81. The molecule has 0 bridgehead atoms. The Labute approximate surface area is 57.2 Å². The Balaban J connectivity index is 3.37. The number of aliphatic carboxylic acids is 1. The average molecular weight is 150 g/mol. The number of carboxylic acid groups (broad SMARTS) is 1. The molecule has 0 aliphatic rings. The van der Waals surface area contributed by atoms with Gasteiger partial charge < -0.3 is 9.84 Å². The predicted molar refractivity (Wildman–Crippen MR) is 32.4 cm³/mol. The molecule has 0 radical (unpaired) electrons. The second-order valence-electron chi connectivity index (χ2n) is 1.28. The van der Waals surface area contributed by atoms with Crippen molar-refractivity contribution in [1.29, 1.82) is 0 Å². The van der Waals surface area contributed by atoms with Crippen molar-refractivity contribution in [2.45, 2.75) is 5.25 Å². The summed E-state index contributed by atoms with van der Waals surface area (Å²) in [5, 5.41) is 7.22. The number of ether oxygens (including phenoxy) is 1. The molecule has 0 heterocycles. The van der Waals surface area contributed by atoms with Crippen LogP contribution in [0.2, 0.25) is 0 Å². The Morgan fingerprint density at radius 2 is 2.44 bits per heavy atom. The first-order valence-electron chi connectivity index (χ1n) is 2.14. The lowest BCUT2D eigenvalue weighted by Gasteiger charge is -2.00. The van der Waals surface area contributed by atoms with Gasteiger partial charge in [0.15, 0.2) is 0 Å². The van der Waals surface area contributed by atoms with E-state index in [4.69, 9.17) is 5.11 Å². The summed E-state index contributed by atoms with van der Waals surface area (Å²) in [6.07, 6.45) is 0. The summed E-state index contributed by atoms with van der Waals surface area (Å²) in [6.45, 7) is -0.00585. The second-order valence-corrected chi connectivity index (χ2v) is 1.91. The van der Waals surface area contributed by atoms with Gasteiger partial charge in [-0.2, -0.15) is 12.6 Å². The van der Waals surface area contributed by atoms with Crippen LogP contribution in [-0.2, 0) is 14.3 Å². The van der Waals surface area contributed by atoms with Gasteiger partial charge in [0.25, 0.3) is 6.47 Å². The summed E-state index contributed by atoms with van der Waals surface area (Å²) in [5.74, 6) is -1.10. The molecular weight excluding hydrogens is 144 g/mol. The van der Waals surface area contributed by atoms with Crippen LogP contribution in [0.15, 0.2) is 0 Å². The van der Waals surface area contributed by atoms with E-state index < -0.39 is 11.2 Å². The summed E-state index contributed by atoms with van der Waals surface area (Å²) in [5.41, 5.74) is 0. The quantitative estimate of drug-likeness (QED) is 0.420. The van der Waals surface area contributed by atoms with Crippen LogP contribution in [0.3, 0.4) is 0 Å². The molecule has 0 amide bonds. The Bertz CT molecular complexity index is 113. The van der Waals surface area contributed by atoms with Crippen molar-refractivity contribution in [2.75, 3.05) is 6.61 Å². The number of thiol groups is 1. The van der Waals surface area contributed by atoms with Crippen LogP contribution in [0.5, 0.6) is 0 Å². The van der Waals surface area contributed by atoms with Gasteiger partial charge in [-0.3, -0.25) is 9.59 Å². The van der Waals surface area contributed by atoms with E-state index in [9.17, 15) is 9.59 Å². The molecule has 1 unspecified atom stereocenters. The number of hydrogen-bond donors (Lipinski definition) is 2. The summed E-state index contributed by atoms with van der Waals surface area (Å²) < 4.78 is 4.12. The first-order chi connectivity index (χ1) is 4.18. The van der Waals surface area contributed by atoms with Gasteiger partial charge in [-0.05, 0) is 0 Å². The molecule has 52 valence electrons. The third kappa shape index (κ3) is 3.84. The molecule has 0 aliphatic carbocycles. The molecule has 1 atom stereocenters. The second kappa shape index (κ2) is 4.20. The lowest BCUT2D eigenvalue weighted by atomic mass is 10.5. The minimum absolute atomic E-state index is 0.187. The van der Waals surface area contributed by atoms with Crippen molar-refractivity contribution in [1.82, 2.24) is 0 Å². The van der Waals surface area contributed by atoms with Gasteiger partial charge in [0.2, 0.25) is 0 Å². The number of carbonyl (C=O) groups excluding carboxylic acids is 1. The Hall–Kier alpha value is -0.710. The number of hydrogen-bond acceptors (Lipinski definition) is 4. The molecule has 0 rings (SSSR count). The zero-order valence-corrected chi connectivity index (χ0v) is 5.38. The van der Waals surface area contributed by atoms with Gasteiger partial charge in [-0.25, -0.2) is 0 Å². The van der Waals surface area contributed by atoms with E-state index >= 15 is 0 Å². The molecule has 0 aromatic heterocycles. The fourth-order valence-electron chi connectivity index (χ4n) is 0.202. The van der Waals surface area contributed by atoms with E-state index in [0.29, 0.717) is 0 Å². The fourth-order valence-corrected chi connectivity index (χ4v) is 0.288. The van der Waals surface area contributed by atoms with Crippen LogP contribution < -0.4 is 0 Å². The van der Waals surface area contributed by atoms with Crippen molar-refractivity contribution < 1.29 is 19.4 Å².